The molecule has 6 heteroatoms. The van der Waals surface area contributed by atoms with Crippen molar-refractivity contribution in [1.82, 2.24) is 19.8 Å². The first kappa shape index (κ1) is 13.9. The Morgan fingerprint density at radius 3 is 2.91 bits per heavy atom. The second kappa shape index (κ2) is 5.77. The van der Waals surface area contributed by atoms with Crippen molar-refractivity contribution < 1.29 is 4.79 Å². The van der Waals surface area contributed by atoms with E-state index in [2.05, 4.69) is 20.6 Å². The van der Waals surface area contributed by atoms with E-state index < -0.39 is 0 Å². The number of amides is 1. The van der Waals surface area contributed by atoms with Crippen molar-refractivity contribution in [2.24, 2.45) is 0 Å². The zero-order valence-electron chi connectivity index (χ0n) is 12.3. The molecule has 0 bridgehead atoms. The molecule has 0 saturated heterocycles. The molecule has 0 atom stereocenters. The Hall–Kier alpha value is -3.02. The summed E-state index contributed by atoms with van der Waals surface area (Å²) in [5, 5.41) is 15.3. The van der Waals surface area contributed by atoms with Gasteiger partial charge in [-0.15, -0.1) is 10.2 Å². The third-order valence-electron chi connectivity index (χ3n) is 3.16. The SMILES string of the molecule is C/C=C/C(=O)Nc1cccc(-c2ccc3nnc(C)n3n2)c1. The maximum absolute atomic E-state index is 11.6. The number of fused-ring (bicyclic) bond motifs is 1. The number of aryl methyl sites for hydroxylation is 1. The zero-order valence-corrected chi connectivity index (χ0v) is 12.3. The van der Waals surface area contributed by atoms with E-state index in [1.165, 1.54) is 6.08 Å². The molecule has 22 heavy (non-hydrogen) atoms. The minimum Gasteiger partial charge on any atom is -0.323 e. The first-order valence-electron chi connectivity index (χ1n) is 6.90. The third-order valence-corrected chi connectivity index (χ3v) is 3.16. The number of aromatic nitrogens is 4. The number of rotatable bonds is 3. The summed E-state index contributed by atoms with van der Waals surface area (Å²) in [4.78, 5) is 11.6. The van der Waals surface area contributed by atoms with Crippen LogP contribution in [0.4, 0.5) is 5.69 Å². The van der Waals surface area contributed by atoms with Crippen LogP contribution in [0.5, 0.6) is 0 Å². The molecule has 1 N–H and O–H groups in total. The van der Waals surface area contributed by atoms with Crippen LogP contribution in [-0.2, 0) is 4.79 Å². The zero-order chi connectivity index (χ0) is 15.5. The highest BCUT2D eigenvalue weighted by atomic mass is 16.1. The molecule has 6 nitrogen and oxygen atoms in total. The summed E-state index contributed by atoms with van der Waals surface area (Å²) in [6.45, 7) is 3.65. The van der Waals surface area contributed by atoms with E-state index in [0.29, 0.717) is 5.65 Å². The summed E-state index contributed by atoms with van der Waals surface area (Å²) >= 11 is 0. The van der Waals surface area contributed by atoms with Crippen LogP contribution >= 0.6 is 0 Å². The van der Waals surface area contributed by atoms with Crippen LogP contribution in [0.2, 0.25) is 0 Å². The number of hydrogen-bond acceptors (Lipinski definition) is 4. The number of allylic oxidation sites excluding steroid dienone is 1. The van der Waals surface area contributed by atoms with Gasteiger partial charge in [0.1, 0.15) is 0 Å². The molecule has 2 heterocycles. The maximum atomic E-state index is 11.6. The number of nitrogens with zero attached hydrogens (tertiary/aromatic N) is 4. The predicted octanol–water partition coefficient (Wildman–Crippen LogP) is 2.61. The Morgan fingerprint density at radius 2 is 2.09 bits per heavy atom. The lowest BCUT2D eigenvalue weighted by Crippen LogP contribution is -2.07. The predicted molar refractivity (Wildman–Crippen MR) is 84.4 cm³/mol. The van der Waals surface area contributed by atoms with E-state index in [1.807, 2.05) is 43.3 Å². The number of carbonyl (C=O) groups is 1. The van der Waals surface area contributed by atoms with E-state index in [1.54, 1.807) is 17.5 Å². The van der Waals surface area contributed by atoms with Gasteiger partial charge in [-0.25, -0.2) is 0 Å². The minimum absolute atomic E-state index is 0.155. The molecule has 0 aliphatic rings. The maximum Gasteiger partial charge on any atom is 0.248 e. The quantitative estimate of drug-likeness (QED) is 0.753. The topological polar surface area (TPSA) is 72.2 Å². The van der Waals surface area contributed by atoms with Gasteiger partial charge < -0.3 is 5.32 Å². The highest BCUT2D eigenvalue weighted by Crippen LogP contribution is 2.21. The van der Waals surface area contributed by atoms with Crippen LogP contribution in [0.25, 0.3) is 16.9 Å². The molecule has 110 valence electrons. The lowest BCUT2D eigenvalue weighted by Gasteiger charge is -2.06. The first-order chi connectivity index (χ1) is 10.7. The minimum atomic E-state index is -0.155. The molecule has 0 aliphatic heterocycles. The first-order valence-corrected chi connectivity index (χ1v) is 6.90. The highest BCUT2D eigenvalue weighted by Gasteiger charge is 2.06. The largest absolute Gasteiger partial charge is 0.323 e. The number of carbonyl (C=O) groups excluding carboxylic acids is 1. The highest BCUT2D eigenvalue weighted by molar-refractivity contribution is 5.99. The van der Waals surface area contributed by atoms with Crippen molar-refractivity contribution in [3.63, 3.8) is 0 Å². The fraction of sp³-hybridized carbons (Fsp3) is 0.125. The van der Waals surface area contributed by atoms with Gasteiger partial charge in [-0.05, 0) is 44.2 Å². The Balaban J connectivity index is 1.96. The normalized spacial score (nSPS) is 11.2. The average molecular weight is 293 g/mol. The summed E-state index contributed by atoms with van der Waals surface area (Å²) in [6, 6.07) is 11.3. The molecular formula is C16H15N5O. The molecule has 0 radical (unpaired) electrons. The van der Waals surface area contributed by atoms with Crippen LogP contribution in [0, 0.1) is 6.92 Å². The van der Waals surface area contributed by atoms with Crippen LogP contribution in [0.3, 0.4) is 0 Å². The second-order valence-corrected chi connectivity index (χ2v) is 4.81. The van der Waals surface area contributed by atoms with Crippen molar-refractivity contribution in [3.05, 3.63) is 54.4 Å². The molecule has 2 aromatic heterocycles. The molecule has 1 aromatic carbocycles. The van der Waals surface area contributed by atoms with E-state index in [-0.39, 0.29) is 5.91 Å². The van der Waals surface area contributed by atoms with Gasteiger partial charge in [-0.3, -0.25) is 4.79 Å². The van der Waals surface area contributed by atoms with Gasteiger partial charge in [-0.2, -0.15) is 9.61 Å². The molecule has 0 aliphatic carbocycles. The summed E-state index contributed by atoms with van der Waals surface area (Å²) in [7, 11) is 0. The summed E-state index contributed by atoms with van der Waals surface area (Å²) in [5.41, 5.74) is 3.13. The standard InChI is InChI=1S/C16H15N5O/c1-3-5-16(22)17-13-7-4-6-12(10-13)14-8-9-15-19-18-11(2)21(15)20-14/h3-10H,1-2H3,(H,17,22)/b5-3+. The van der Waals surface area contributed by atoms with Gasteiger partial charge >= 0.3 is 0 Å². The Kier molecular flexibility index (Phi) is 3.65. The smallest absolute Gasteiger partial charge is 0.248 e. The van der Waals surface area contributed by atoms with Crippen molar-refractivity contribution in [2.45, 2.75) is 13.8 Å². The Bertz CT molecular complexity index is 866. The van der Waals surface area contributed by atoms with Crippen LogP contribution in [0.1, 0.15) is 12.7 Å². The van der Waals surface area contributed by atoms with Gasteiger partial charge in [-0.1, -0.05) is 18.2 Å². The van der Waals surface area contributed by atoms with Crippen molar-refractivity contribution in [2.75, 3.05) is 5.32 Å². The van der Waals surface area contributed by atoms with Gasteiger partial charge in [0.05, 0.1) is 5.69 Å². The van der Waals surface area contributed by atoms with E-state index in [4.69, 9.17) is 0 Å². The Labute approximate surface area is 127 Å². The number of anilines is 1. The molecule has 0 unspecified atom stereocenters. The molecule has 0 spiro atoms. The van der Waals surface area contributed by atoms with Gasteiger partial charge in [0.25, 0.3) is 0 Å². The number of benzene rings is 1. The third kappa shape index (κ3) is 2.71. The molecule has 3 aromatic rings. The molecule has 3 rings (SSSR count). The van der Waals surface area contributed by atoms with Crippen LogP contribution in [0.15, 0.2) is 48.6 Å². The molecule has 0 fully saturated rings. The molecule has 1 amide bonds. The van der Waals surface area contributed by atoms with E-state index in [0.717, 1.165) is 22.8 Å². The summed E-state index contributed by atoms with van der Waals surface area (Å²) in [6.07, 6.45) is 3.18. The lowest BCUT2D eigenvalue weighted by atomic mass is 10.1. The van der Waals surface area contributed by atoms with Gasteiger partial charge in [0.2, 0.25) is 5.91 Å². The summed E-state index contributed by atoms with van der Waals surface area (Å²) < 4.78 is 1.69. The van der Waals surface area contributed by atoms with E-state index in [9.17, 15) is 4.79 Å². The lowest BCUT2D eigenvalue weighted by molar-refractivity contribution is -0.111. The van der Waals surface area contributed by atoms with Crippen LogP contribution < -0.4 is 5.32 Å². The monoisotopic (exact) mass is 293 g/mol. The Morgan fingerprint density at radius 1 is 1.23 bits per heavy atom. The van der Waals surface area contributed by atoms with Crippen molar-refractivity contribution in [1.29, 1.82) is 0 Å². The van der Waals surface area contributed by atoms with Crippen molar-refractivity contribution in [3.8, 4) is 11.3 Å². The van der Waals surface area contributed by atoms with Crippen molar-refractivity contribution >= 4 is 17.2 Å². The van der Waals surface area contributed by atoms with Crippen LogP contribution in [-0.4, -0.2) is 25.7 Å². The molecule has 0 saturated carbocycles. The average Bonchev–Trinajstić information content (AvgIpc) is 2.89. The number of nitrogens with one attached hydrogen (secondary N) is 1. The fourth-order valence-corrected chi connectivity index (χ4v) is 2.14. The number of hydrogen-bond donors (Lipinski definition) is 1. The molecular weight excluding hydrogens is 278 g/mol. The van der Waals surface area contributed by atoms with Gasteiger partial charge in [0.15, 0.2) is 11.5 Å². The fourth-order valence-electron chi connectivity index (χ4n) is 2.14. The van der Waals surface area contributed by atoms with Gasteiger partial charge in [0, 0.05) is 11.3 Å². The second-order valence-electron chi connectivity index (χ2n) is 4.81. The summed E-state index contributed by atoms with van der Waals surface area (Å²) in [5.74, 6) is 0.576. The van der Waals surface area contributed by atoms with E-state index >= 15 is 0 Å².